The summed E-state index contributed by atoms with van der Waals surface area (Å²) in [5.41, 5.74) is 2.01. The lowest BCUT2D eigenvalue weighted by molar-refractivity contribution is -0.139. The number of phenols is 1. The second kappa shape index (κ2) is 11.7. The van der Waals surface area contributed by atoms with Crippen LogP contribution in [-0.4, -0.2) is 76.2 Å². The summed E-state index contributed by atoms with van der Waals surface area (Å²) in [4.78, 5) is 45.8. The van der Waals surface area contributed by atoms with Crippen LogP contribution in [-0.2, 0) is 11.2 Å². The van der Waals surface area contributed by atoms with E-state index in [0.717, 1.165) is 18.4 Å². The predicted octanol–water partition coefficient (Wildman–Crippen LogP) is 1.30. The average Bonchev–Trinajstić information content (AvgIpc) is 2.73. The van der Waals surface area contributed by atoms with E-state index in [1.807, 2.05) is 6.07 Å². The summed E-state index contributed by atoms with van der Waals surface area (Å²) in [7, 11) is 3.05. The quantitative estimate of drug-likeness (QED) is 0.334. The lowest BCUT2D eigenvalue weighted by atomic mass is 10.1. The second-order valence-electron chi connectivity index (χ2n) is 7.74. The number of aromatic hydroxyl groups is 1. The highest BCUT2D eigenvalue weighted by atomic mass is 16.4. The SMILES string of the molecule is Cc1nc(NCCCc2cccc(O)c2)nc(C)c1C(=O)NC(CNC(=O)N(C)C)C(=O)O. The number of phenolic OH excluding ortho intramolecular Hbond substituents is 1. The van der Waals surface area contributed by atoms with Crippen molar-refractivity contribution in [3.63, 3.8) is 0 Å². The number of urea groups is 1. The number of hydrogen-bond acceptors (Lipinski definition) is 7. The summed E-state index contributed by atoms with van der Waals surface area (Å²) in [6, 6.07) is 5.30. The lowest BCUT2D eigenvalue weighted by Gasteiger charge is -2.18. The molecule has 0 aliphatic rings. The number of benzene rings is 1. The number of nitrogens with one attached hydrogen (secondary N) is 3. The highest BCUT2D eigenvalue weighted by Gasteiger charge is 2.24. The first-order chi connectivity index (χ1) is 15.6. The Morgan fingerprint density at radius 2 is 1.79 bits per heavy atom. The Balaban J connectivity index is 1.97. The Bertz CT molecular complexity index is 988. The number of nitrogens with zero attached hydrogens (tertiary/aromatic N) is 3. The summed E-state index contributed by atoms with van der Waals surface area (Å²) < 4.78 is 0. The number of aryl methyl sites for hydroxylation is 3. The van der Waals surface area contributed by atoms with Gasteiger partial charge in [0.05, 0.1) is 23.5 Å². The van der Waals surface area contributed by atoms with Crippen LogP contribution in [0.3, 0.4) is 0 Å². The monoisotopic (exact) mass is 458 g/mol. The first-order valence-electron chi connectivity index (χ1n) is 10.4. The number of aromatic nitrogens is 2. The maximum atomic E-state index is 12.7. The van der Waals surface area contributed by atoms with E-state index < -0.39 is 23.9 Å². The van der Waals surface area contributed by atoms with Crippen LogP contribution in [0.15, 0.2) is 24.3 Å². The summed E-state index contributed by atoms with van der Waals surface area (Å²) in [6.07, 6.45) is 1.55. The van der Waals surface area contributed by atoms with Gasteiger partial charge in [-0.2, -0.15) is 0 Å². The largest absolute Gasteiger partial charge is 0.508 e. The summed E-state index contributed by atoms with van der Waals surface area (Å²) in [5.74, 6) is -1.31. The van der Waals surface area contributed by atoms with Crippen LogP contribution >= 0.6 is 0 Å². The van der Waals surface area contributed by atoms with Crippen molar-refractivity contribution in [1.29, 1.82) is 0 Å². The molecule has 1 aromatic carbocycles. The topological polar surface area (TPSA) is 157 Å². The van der Waals surface area contributed by atoms with Crippen molar-refractivity contribution in [3.8, 4) is 5.75 Å². The zero-order chi connectivity index (χ0) is 24.5. The fraction of sp³-hybridized carbons (Fsp3) is 0.409. The molecule has 1 aromatic heterocycles. The van der Waals surface area contributed by atoms with Gasteiger partial charge in [-0.1, -0.05) is 12.1 Å². The molecule has 3 amide bonds. The third kappa shape index (κ3) is 7.63. The Hall–Kier alpha value is -3.89. The van der Waals surface area contributed by atoms with Gasteiger partial charge in [-0.3, -0.25) is 4.79 Å². The van der Waals surface area contributed by atoms with Crippen molar-refractivity contribution in [2.24, 2.45) is 0 Å². The molecule has 2 aromatic rings. The number of rotatable bonds is 10. The van der Waals surface area contributed by atoms with Crippen LogP contribution in [0.5, 0.6) is 5.75 Å². The van der Waals surface area contributed by atoms with Crippen molar-refractivity contribution in [3.05, 3.63) is 46.8 Å². The molecule has 1 atom stereocenters. The van der Waals surface area contributed by atoms with E-state index in [4.69, 9.17) is 0 Å². The summed E-state index contributed by atoms with van der Waals surface area (Å²) in [5, 5.41) is 26.9. The standard InChI is InChI=1S/C22H30N6O5/c1-13-18(19(30)27-17(20(31)32)12-24-22(33)28(3)4)14(2)26-21(25-13)23-10-6-8-15-7-5-9-16(29)11-15/h5,7,9,11,17,29H,6,8,10,12H2,1-4H3,(H,24,33)(H,27,30)(H,31,32)(H,23,25,26). The minimum Gasteiger partial charge on any atom is -0.508 e. The molecule has 178 valence electrons. The minimum absolute atomic E-state index is 0.186. The maximum Gasteiger partial charge on any atom is 0.328 e. The number of carbonyl (C=O) groups excluding carboxylic acids is 2. The molecule has 11 heteroatoms. The third-order valence-corrected chi connectivity index (χ3v) is 4.80. The highest BCUT2D eigenvalue weighted by Crippen LogP contribution is 2.14. The van der Waals surface area contributed by atoms with Crippen LogP contribution in [0.1, 0.15) is 33.7 Å². The van der Waals surface area contributed by atoms with Gasteiger partial charge in [-0.15, -0.1) is 0 Å². The smallest absolute Gasteiger partial charge is 0.328 e. The maximum absolute atomic E-state index is 12.7. The van der Waals surface area contributed by atoms with Crippen LogP contribution in [0.2, 0.25) is 0 Å². The zero-order valence-electron chi connectivity index (χ0n) is 19.2. The third-order valence-electron chi connectivity index (χ3n) is 4.80. The van der Waals surface area contributed by atoms with Gasteiger partial charge in [-0.25, -0.2) is 19.6 Å². The fourth-order valence-electron chi connectivity index (χ4n) is 3.11. The summed E-state index contributed by atoms with van der Waals surface area (Å²) >= 11 is 0. The Morgan fingerprint density at radius 1 is 1.12 bits per heavy atom. The molecule has 5 N–H and O–H groups in total. The molecule has 0 radical (unpaired) electrons. The van der Waals surface area contributed by atoms with Crippen molar-refractivity contribution in [2.45, 2.75) is 32.7 Å². The van der Waals surface area contributed by atoms with Gasteiger partial charge in [0.1, 0.15) is 11.8 Å². The number of amides is 3. The molecule has 1 unspecified atom stereocenters. The molecule has 33 heavy (non-hydrogen) atoms. The molecule has 1 heterocycles. The summed E-state index contributed by atoms with van der Waals surface area (Å²) in [6.45, 7) is 3.61. The molecule has 0 saturated carbocycles. The second-order valence-corrected chi connectivity index (χ2v) is 7.74. The molecule has 0 bridgehead atoms. The zero-order valence-corrected chi connectivity index (χ0v) is 19.2. The number of anilines is 1. The van der Waals surface area contributed by atoms with E-state index in [-0.39, 0.29) is 17.9 Å². The van der Waals surface area contributed by atoms with Gasteiger partial charge in [0.25, 0.3) is 5.91 Å². The average molecular weight is 459 g/mol. The van der Waals surface area contributed by atoms with E-state index in [1.165, 1.54) is 19.0 Å². The molecule has 0 saturated heterocycles. The minimum atomic E-state index is -1.31. The van der Waals surface area contributed by atoms with E-state index in [1.54, 1.807) is 32.0 Å². The van der Waals surface area contributed by atoms with Gasteiger partial charge in [0.15, 0.2) is 0 Å². The number of hydrogen-bond donors (Lipinski definition) is 5. The first kappa shape index (κ1) is 25.4. The van der Waals surface area contributed by atoms with E-state index in [9.17, 15) is 24.6 Å². The Labute approximate surface area is 192 Å². The van der Waals surface area contributed by atoms with Crippen molar-refractivity contribution >= 4 is 23.9 Å². The van der Waals surface area contributed by atoms with E-state index in [0.29, 0.717) is 23.9 Å². The molecule has 0 aliphatic carbocycles. The molecule has 0 aliphatic heterocycles. The van der Waals surface area contributed by atoms with Crippen LogP contribution in [0.25, 0.3) is 0 Å². The molecule has 0 spiro atoms. The van der Waals surface area contributed by atoms with Crippen molar-refractivity contribution < 1.29 is 24.6 Å². The van der Waals surface area contributed by atoms with Crippen molar-refractivity contribution in [1.82, 2.24) is 25.5 Å². The van der Waals surface area contributed by atoms with Gasteiger partial charge in [0, 0.05) is 20.6 Å². The van der Waals surface area contributed by atoms with Gasteiger partial charge >= 0.3 is 12.0 Å². The van der Waals surface area contributed by atoms with E-state index in [2.05, 4.69) is 25.9 Å². The number of carbonyl (C=O) groups is 3. The molecular weight excluding hydrogens is 428 g/mol. The van der Waals surface area contributed by atoms with Gasteiger partial charge in [0.2, 0.25) is 5.95 Å². The Morgan fingerprint density at radius 3 is 2.36 bits per heavy atom. The number of carboxylic acids is 1. The van der Waals surface area contributed by atoms with E-state index >= 15 is 0 Å². The van der Waals surface area contributed by atoms with Gasteiger partial charge < -0.3 is 31.1 Å². The van der Waals surface area contributed by atoms with Crippen LogP contribution < -0.4 is 16.0 Å². The molecular formula is C22H30N6O5. The Kier molecular flexibility index (Phi) is 8.96. The molecule has 11 nitrogen and oxygen atoms in total. The van der Waals surface area contributed by atoms with Crippen LogP contribution in [0.4, 0.5) is 10.7 Å². The highest BCUT2D eigenvalue weighted by molar-refractivity contribution is 5.98. The normalized spacial score (nSPS) is 11.4. The number of carboxylic acid groups (broad SMARTS) is 1. The van der Waals surface area contributed by atoms with Gasteiger partial charge in [-0.05, 0) is 44.4 Å². The fourth-order valence-corrected chi connectivity index (χ4v) is 3.11. The van der Waals surface area contributed by atoms with Crippen molar-refractivity contribution in [2.75, 3.05) is 32.5 Å². The predicted molar refractivity (Wildman–Crippen MR) is 122 cm³/mol. The molecule has 2 rings (SSSR count). The number of aliphatic carboxylic acids is 1. The van der Waals surface area contributed by atoms with Crippen LogP contribution in [0, 0.1) is 13.8 Å². The first-order valence-corrected chi connectivity index (χ1v) is 10.4. The lowest BCUT2D eigenvalue weighted by Crippen LogP contribution is -2.50. The molecule has 0 fully saturated rings.